The van der Waals surface area contributed by atoms with Crippen molar-refractivity contribution >= 4 is 5.91 Å². The zero-order chi connectivity index (χ0) is 10.8. The van der Waals surface area contributed by atoms with E-state index in [1.54, 1.807) is 7.11 Å². The van der Waals surface area contributed by atoms with Crippen LogP contribution in [0.1, 0.15) is 13.3 Å². The second-order valence-corrected chi connectivity index (χ2v) is 3.06. The summed E-state index contributed by atoms with van der Waals surface area (Å²) < 4.78 is 4.90. The number of carbonyl (C=O) groups is 1. The minimum atomic E-state index is -0.0381. The van der Waals surface area contributed by atoms with Crippen LogP contribution in [0.2, 0.25) is 0 Å². The molecule has 4 nitrogen and oxygen atoms in total. The van der Waals surface area contributed by atoms with Crippen LogP contribution in [0.4, 0.5) is 0 Å². The zero-order valence-corrected chi connectivity index (χ0v) is 8.80. The van der Waals surface area contributed by atoms with Crippen molar-refractivity contribution in [2.45, 2.75) is 19.4 Å². The first-order valence-corrected chi connectivity index (χ1v) is 4.63. The summed E-state index contributed by atoms with van der Waals surface area (Å²) in [4.78, 5) is 11.2. The standard InChI is InChI=1S/C10H18N2O2/c1-4-6-11-8-10(13)12-9(2)5-7-14-3/h1,9,11H,5-8H2,2-3H3,(H,12,13). The number of ether oxygens (including phenoxy) is 1. The highest BCUT2D eigenvalue weighted by Crippen LogP contribution is 1.89. The van der Waals surface area contributed by atoms with E-state index in [9.17, 15) is 4.79 Å². The molecule has 1 unspecified atom stereocenters. The monoisotopic (exact) mass is 198 g/mol. The predicted molar refractivity (Wildman–Crippen MR) is 55.8 cm³/mol. The predicted octanol–water partition coefficient (Wildman–Crippen LogP) is -0.250. The molecular formula is C10H18N2O2. The van der Waals surface area contributed by atoms with Gasteiger partial charge in [0.2, 0.25) is 5.91 Å². The van der Waals surface area contributed by atoms with Crippen LogP contribution in [-0.2, 0) is 9.53 Å². The topological polar surface area (TPSA) is 50.4 Å². The Morgan fingerprint density at radius 1 is 1.64 bits per heavy atom. The first kappa shape index (κ1) is 12.9. The van der Waals surface area contributed by atoms with E-state index in [1.165, 1.54) is 0 Å². The van der Waals surface area contributed by atoms with Gasteiger partial charge in [-0.05, 0) is 13.3 Å². The number of nitrogens with one attached hydrogen (secondary N) is 2. The van der Waals surface area contributed by atoms with Crippen molar-refractivity contribution in [2.24, 2.45) is 0 Å². The molecule has 4 heteroatoms. The van der Waals surface area contributed by atoms with E-state index in [0.717, 1.165) is 6.42 Å². The van der Waals surface area contributed by atoms with Gasteiger partial charge in [0, 0.05) is 19.8 Å². The van der Waals surface area contributed by atoms with Gasteiger partial charge in [-0.15, -0.1) is 6.42 Å². The van der Waals surface area contributed by atoms with Crippen LogP contribution in [0.25, 0.3) is 0 Å². The molecule has 80 valence electrons. The Balaban J connectivity index is 3.46. The Morgan fingerprint density at radius 2 is 2.36 bits per heavy atom. The summed E-state index contributed by atoms with van der Waals surface area (Å²) in [5.41, 5.74) is 0. The number of carbonyl (C=O) groups excluding carboxylic acids is 1. The maximum absolute atomic E-state index is 11.2. The molecular weight excluding hydrogens is 180 g/mol. The molecule has 0 rings (SSSR count). The van der Waals surface area contributed by atoms with Gasteiger partial charge in [-0.1, -0.05) is 5.92 Å². The molecule has 0 aliphatic carbocycles. The summed E-state index contributed by atoms with van der Waals surface area (Å²) in [7, 11) is 1.64. The maximum atomic E-state index is 11.2. The number of amides is 1. The molecule has 0 fully saturated rings. The van der Waals surface area contributed by atoms with E-state index in [0.29, 0.717) is 13.2 Å². The lowest BCUT2D eigenvalue weighted by Crippen LogP contribution is -2.39. The maximum Gasteiger partial charge on any atom is 0.234 e. The van der Waals surface area contributed by atoms with E-state index in [1.807, 2.05) is 6.92 Å². The molecule has 1 atom stereocenters. The minimum absolute atomic E-state index is 0.0381. The van der Waals surface area contributed by atoms with Gasteiger partial charge in [-0.25, -0.2) is 0 Å². The summed E-state index contributed by atoms with van der Waals surface area (Å²) in [6.45, 7) is 3.28. The van der Waals surface area contributed by atoms with Crippen LogP contribution in [0.3, 0.4) is 0 Å². The SMILES string of the molecule is C#CCNCC(=O)NC(C)CCOC. The fraction of sp³-hybridized carbons (Fsp3) is 0.700. The van der Waals surface area contributed by atoms with Crippen LogP contribution >= 0.6 is 0 Å². The second kappa shape index (κ2) is 8.54. The summed E-state index contributed by atoms with van der Waals surface area (Å²) in [5, 5.41) is 5.64. The van der Waals surface area contributed by atoms with Crippen molar-refractivity contribution in [1.82, 2.24) is 10.6 Å². The number of hydrogen-bond acceptors (Lipinski definition) is 3. The molecule has 0 aromatic rings. The molecule has 14 heavy (non-hydrogen) atoms. The summed E-state index contributed by atoms with van der Waals surface area (Å²) in [6, 6.07) is 0.134. The lowest BCUT2D eigenvalue weighted by Gasteiger charge is -2.13. The van der Waals surface area contributed by atoms with Gasteiger partial charge in [-0.2, -0.15) is 0 Å². The van der Waals surface area contributed by atoms with Crippen molar-refractivity contribution in [3.05, 3.63) is 0 Å². The van der Waals surface area contributed by atoms with E-state index >= 15 is 0 Å². The van der Waals surface area contributed by atoms with E-state index in [4.69, 9.17) is 11.2 Å². The van der Waals surface area contributed by atoms with Crippen molar-refractivity contribution in [3.63, 3.8) is 0 Å². The van der Waals surface area contributed by atoms with Gasteiger partial charge in [0.05, 0.1) is 13.1 Å². The lowest BCUT2D eigenvalue weighted by molar-refractivity contribution is -0.120. The fourth-order valence-electron chi connectivity index (χ4n) is 0.941. The number of rotatable bonds is 7. The quantitative estimate of drug-likeness (QED) is 0.438. The van der Waals surface area contributed by atoms with E-state index < -0.39 is 0 Å². The number of hydrogen-bond donors (Lipinski definition) is 2. The fourth-order valence-corrected chi connectivity index (χ4v) is 0.941. The van der Waals surface area contributed by atoms with Gasteiger partial charge in [0.1, 0.15) is 0 Å². The Labute approximate surface area is 85.4 Å². The normalized spacial score (nSPS) is 11.8. The third kappa shape index (κ3) is 7.59. The van der Waals surface area contributed by atoms with E-state index in [-0.39, 0.29) is 18.5 Å². The van der Waals surface area contributed by atoms with E-state index in [2.05, 4.69) is 16.6 Å². The lowest BCUT2D eigenvalue weighted by atomic mass is 10.2. The number of methoxy groups -OCH3 is 1. The van der Waals surface area contributed by atoms with Gasteiger partial charge in [-0.3, -0.25) is 10.1 Å². The van der Waals surface area contributed by atoms with Gasteiger partial charge < -0.3 is 10.1 Å². The van der Waals surface area contributed by atoms with Crippen molar-refractivity contribution in [1.29, 1.82) is 0 Å². The molecule has 0 aromatic carbocycles. The number of terminal acetylenes is 1. The summed E-state index contributed by atoms with van der Waals surface area (Å²) in [6.07, 6.45) is 5.84. The first-order valence-electron chi connectivity index (χ1n) is 4.63. The molecule has 0 aromatic heterocycles. The molecule has 0 bridgehead atoms. The van der Waals surface area contributed by atoms with Gasteiger partial charge in [0.25, 0.3) is 0 Å². The van der Waals surface area contributed by atoms with Gasteiger partial charge in [0.15, 0.2) is 0 Å². The Bertz CT molecular complexity index is 199. The van der Waals surface area contributed by atoms with Crippen LogP contribution in [0.15, 0.2) is 0 Å². The molecule has 1 amide bonds. The average molecular weight is 198 g/mol. The van der Waals surface area contributed by atoms with Crippen LogP contribution in [0, 0.1) is 12.3 Å². The molecule has 0 heterocycles. The van der Waals surface area contributed by atoms with Crippen LogP contribution in [-0.4, -0.2) is 38.8 Å². The molecule has 0 aliphatic rings. The molecule has 0 spiro atoms. The highest BCUT2D eigenvalue weighted by atomic mass is 16.5. The highest BCUT2D eigenvalue weighted by molar-refractivity contribution is 5.78. The Hall–Kier alpha value is -1.05. The highest BCUT2D eigenvalue weighted by Gasteiger charge is 2.05. The third-order valence-electron chi connectivity index (χ3n) is 1.67. The van der Waals surface area contributed by atoms with Gasteiger partial charge >= 0.3 is 0 Å². The van der Waals surface area contributed by atoms with Crippen molar-refractivity contribution in [2.75, 3.05) is 26.8 Å². The molecule has 0 saturated carbocycles. The largest absolute Gasteiger partial charge is 0.385 e. The first-order chi connectivity index (χ1) is 6.70. The Morgan fingerprint density at radius 3 is 2.93 bits per heavy atom. The third-order valence-corrected chi connectivity index (χ3v) is 1.67. The smallest absolute Gasteiger partial charge is 0.234 e. The summed E-state index contributed by atoms with van der Waals surface area (Å²) in [5.74, 6) is 2.36. The van der Waals surface area contributed by atoms with Crippen molar-refractivity contribution < 1.29 is 9.53 Å². The molecule has 0 saturated heterocycles. The van der Waals surface area contributed by atoms with Crippen LogP contribution < -0.4 is 10.6 Å². The molecule has 0 aliphatic heterocycles. The molecule has 2 N–H and O–H groups in total. The van der Waals surface area contributed by atoms with Crippen molar-refractivity contribution in [3.8, 4) is 12.3 Å². The summed E-state index contributed by atoms with van der Waals surface area (Å²) >= 11 is 0. The minimum Gasteiger partial charge on any atom is -0.385 e. The Kier molecular flexibility index (Phi) is 7.90. The average Bonchev–Trinajstić information content (AvgIpc) is 2.15. The second-order valence-electron chi connectivity index (χ2n) is 3.06. The van der Waals surface area contributed by atoms with Crippen LogP contribution in [0.5, 0.6) is 0 Å². The molecule has 0 radical (unpaired) electrons. The zero-order valence-electron chi connectivity index (χ0n) is 8.80.